The first-order chi connectivity index (χ1) is 34.3. The second-order valence-corrected chi connectivity index (χ2v) is 21.3. The minimum absolute atomic E-state index is 0.0544. The Kier molecular flexibility index (Phi) is 54.6. The summed E-state index contributed by atoms with van der Waals surface area (Å²) in [6.45, 7) is 3.68. The van der Waals surface area contributed by atoms with Crippen LogP contribution >= 0.6 is 7.82 Å². The van der Waals surface area contributed by atoms with Gasteiger partial charge in [0.1, 0.15) is 6.61 Å². The molecule has 0 amide bonds. The van der Waals surface area contributed by atoms with E-state index in [0.717, 1.165) is 64.2 Å². The molecule has 0 aromatic rings. The van der Waals surface area contributed by atoms with E-state index in [2.05, 4.69) is 62.5 Å². The van der Waals surface area contributed by atoms with E-state index in [0.29, 0.717) is 6.42 Å². The summed E-state index contributed by atoms with van der Waals surface area (Å²) in [5.41, 5.74) is 5.39. The van der Waals surface area contributed by atoms with Crippen LogP contribution in [0.15, 0.2) is 48.6 Å². The average Bonchev–Trinajstić information content (AvgIpc) is 3.35. The van der Waals surface area contributed by atoms with Crippen LogP contribution in [0.4, 0.5) is 0 Å². The molecule has 0 aliphatic carbocycles. The highest BCUT2D eigenvalue weighted by molar-refractivity contribution is 7.47. The third kappa shape index (κ3) is 55.3. The lowest BCUT2D eigenvalue weighted by Crippen LogP contribution is -2.29. The van der Waals surface area contributed by atoms with Gasteiger partial charge in [0, 0.05) is 19.4 Å². The zero-order valence-electron chi connectivity index (χ0n) is 45.8. The number of phosphoric ester groups is 1. The van der Waals surface area contributed by atoms with E-state index >= 15 is 0 Å². The van der Waals surface area contributed by atoms with Crippen LogP contribution in [0.1, 0.15) is 290 Å². The van der Waals surface area contributed by atoms with Crippen LogP contribution in [-0.2, 0) is 32.7 Å². The molecule has 0 aliphatic rings. The van der Waals surface area contributed by atoms with Crippen molar-refractivity contribution in [1.82, 2.24) is 0 Å². The van der Waals surface area contributed by atoms with Gasteiger partial charge in [0.2, 0.25) is 0 Å². The fourth-order valence-electron chi connectivity index (χ4n) is 8.63. The summed E-state index contributed by atoms with van der Waals surface area (Å²) in [4.78, 5) is 35.2. The molecule has 2 atom stereocenters. The maximum atomic E-state index is 12.7. The molecule has 0 aliphatic heterocycles. The highest BCUT2D eigenvalue weighted by Crippen LogP contribution is 2.43. The summed E-state index contributed by atoms with van der Waals surface area (Å²) in [7, 11) is -4.39. The van der Waals surface area contributed by atoms with Crippen LogP contribution in [-0.4, -0.2) is 49.3 Å². The number of allylic oxidation sites excluding steroid dienone is 8. The molecular weight excluding hydrogens is 894 g/mol. The van der Waals surface area contributed by atoms with Gasteiger partial charge in [0.15, 0.2) is 6.10 Å². The Hall–Kier alpha value is -2.03. The SMILES string of the molecule is CC/C=C\C/C=C\C/C=C\C/C=C\CCCCCCCCCCCCCCCCC(=O)OC(COC(=O)CCCCCCCCCCCCCCCCCCCCCCCC)COP(=O)(O)OCCN. The highest BCUT2D eigenvalue weighted by Gasteiger charge is 2.26. The lowest BCUT2D eigenvalue weighted by Gasteiger charge is -2.19. The van der Waals surface area contributed by atoms with E-state index in [1.165, 1.54) is 193 Å². The van der Waals surface area contributed by atoms with Crippen molar-refractivity contribution in [2.45, 2.75) is 296 Å². The Morgan fingerprint density at radius 1 is 0.443 bits per heavy atom. The number of carbonyl (C=O) groups excluding carboxylic acids is 2. The number of rotatable bonds is 56. The molecule has 0 rings (SSSR count). The van der Waals surface area contributed by atoms with Crippen LogP contribution in [0.25, 0.3) is 0 Å². The fourth-order valence-corrected chi connectivity index (χ4v) is 9.40. The number of hydrogen-bond donors (Lipinski definition) is 2. The number of unbranched alkanes of at least 4 members (excludes halogenated alkanes) is 35. The second kappa shape index (κ2) is 56.3. The van der Waals surface area contributed by atoms with Crippen molar-refractivity contribution in [3.63, 3.8) is 0 Å². The summed E-state index contributed by atoms with van der Waals surface area (Å²) in [6, 6.07) is 0. The number of phosphoric acid groups is 1. The van der Waals surface area contributed by atoms with Gasteiger partial charge in [0.25, 0.3) is 0 Å². The molecule has 10 heteroatoms. The van der Waals surface area contributed by atoms with Crippen LogP contribution in [0.5, 0.6) is 0 Å². The normalized spacial score (nSPS) is 13.4. The summed E-state index contributed by atoms with van der Waals surface area (Å²) >= 11 is 0. The number of ether oxygens (including phenoxy) is 2. The minimum Gasteiger partial charge on any atom is -0.462 e. The van der Waals surface area contributed by atoms with Gasteiger partial charge in [-0.05, 0) is 51.4 Å². The molecule has 2 unspecified atom stereocenters. The van der Waals surface area contributed by atoms with Crippen molar-refractivity contribution >= 4 is 19.8 Å². The average molecular weight is 1010 g/mol. The molecule has 0 heterocycles. The second-order valence-electron chi connectivity index (χ2n) is 19.8. The third-order valence-electron chi connectivity index (χ3n) is 13.0. The zero-order valence-corrected chi connectivity index (χ0v) is 46.7. The molecule has 410 valence electrons. The smallest absolute Gasteiger partial charge is 0.462 e. The number of carbonyl (C=O) groups is 2. The van der Waals surface area contributed by atoms with Crippen LogP contribution in [0.3, 0.4) is 0 Å². The lowest BCUT2D eigenvalue weighted by atomic mass is 10.0. The van der Waals surface area contributed by atoms with Gasteiger partial charge in [-0.15, -0.1) is 0 Å². The topological polar surface area (TPSA) is 134 Å². The molecule has 0 fully saturated rings. The van der Waals surface area contributed by atoms with Crippen LogP contribution < -0.4 is 5.73 Å². The maximum Gasteiger partial charge on any atom is 0.472 e. The Morgan fingerprint density at radius 3 is 1.17 bits per heavy atom. The van der Waals surface area contributed by atoms with E-state index in [-0.39, 0.29) is 38.6 Å². The molecule has 9 nitrogen and oxygen atoms in total. The first-order valence-electron chi connectivity index (χ1n) is 29.6. The molecule has 0 saturated heterocycles. The quantitative estimate of drug-likeness (QED) is 0.0264. The summed E-state index contributed by atoms with van der Waals surface area (Å²) in [6.07, 6.45) is 68.8. The largest absolute Gasteiger partial charge is 0.472 e. The van der Waals surface area contributed by atoms with Gasteiger partial charge in [-0.1, -0.05) is 274 Å². The van der Waals surface area contributed by atoms with Crippen molar-refractivity contribution in [3.8, 4) is 0 Å². The Labute approximate surface area is 432 Å². The monoisotopic (exact) mass is 1010 g/mol. The maximum absolute atomic E-state index is 12.7. The van der Waals surface area contributed by atoms with E-state index in [4.69, 9.17) is 24.3 Å². The van der Waals surface area contributed by atoms with Gasteiger partial charge in [-0.2, -0.15) is 0 Å². The molecule has 3 N–H and O–H groups in total. The fraction of sp³-hybridized carbons (Fsp3) is 0.833. The highest BCUT2D eigenvalue weighted by atomic mass is 31.2. The van der Waals surface area contributed by atoms with Crippen molar-refractivity contribution < 1.29 is 37.6 Å². The first kappa shape index (κ1) is 68.0. The Bertz CT molecular complexity index is 1280. The lowest BCUT2D eigenvalue weighted by molar-refractivity contribution is -0.161. The van der Waals surface area contributed by atoms with E-state index < -0.39 is 26.5 Å². The van der Waals surface area contributed by atoms with Crippen molar-refractivity contribution in [3.05, 3.63) is 48.6 Å². The van der Waals surface area contributed by atoms with Crippen molar-refractivity contribution in [2.24, 2.45) is 5.73 Å². The van der Waals surface area contributed by atoms with E-state index in [1.54, 1.807) is 0 Å². The predicted molar refractivity (Wildman–Crippen MR) is 298 cm³/mol. The third-order valence-corrected chi connectivity index (χ3v) is 14.0. The van der Waals surface area contributed by atoms with Crippen molar-refractivity contribution in [2.75, 3.05) is 26.4 Å². The molecule has 0 bridgehead atoms. The van der Waals surface area contributed by atoms with E-state index in [9.17, 15) is 19.0 Å². The first-order valence-corrected chi connectivity index (χ1v) is 31.1. The number of nitrogens with two attached hydrogens (primary N) is 1. The van der Waals surface area contributed by atoms with Crippen LogP contribution in [0.2, 0.25) is 0 Å². The summed E-state index contributed by atoms with van der Waals surface area (Å²) in [5.74, 6) is -0.814. The molecule has 0 radical (unpaired) electrons. The molecule has 0 spiro atoms. The van der Waals surface area contributed by atoms with Gasteiger partial charge in [-0.3, -0.25) is 18.6 Å². The predicted octanol–water partition coefficient (Wildman–Crippen LogP) is 18.6. The molecule has 0 aromatic heterocycles. The zero-order chi connectivity index (χ0) is 51.0. The molecule has 0 saturated carbocycles. The van der Waals surface area contributed by atoms with E-state index in [1.807, 2.05) is 0 Å². The van der Waals surface area contributed by atoms with Gasteiger partial charge >= 0.3 is 19.8 Å². The Morgan fingerprint density at radius 2 is 0.786 bits per heavy atom. The van der Waals surface area contributed by atoms with Gasteiger partial charge in [0.05, 0.1) is 13.2 Å². The Balaban J connectivity index is 3.93. The summed E-state index contributed by atoms with van der Waals surface area (Å²) in [5, 5.41) is 0. The van der Waals surface area contributed by atoms with Crippen molar-refractivity contribution in [1.29, 1.82) is 0 Å². The molecule has 70 heavy (non-hydrogen) atoms. The molecular formula is C60H112NO8P. The van der Waals surface area contributed by atoms with Crippen LogP contribution in [0, 0.1) is 0 Å². The van der Waals surface area contributed by atoms with Gasteiger partial charge in [-0.25, -0.2) is 4.57 Å². The number of hydrogen-bond acceptors (Lipinski definition) is 8. The standard InChI is InChI=1S/C60H112NO8P/c1-3-5-7-9-11-13-15-17-19-21-23-25-27-28-29-30-31-33-35-37-39-41-43-45-47-49-51-53-60(63)69-58(57-68-70(64,65)67-55-54-61)56-66-59(62)52-50-48-46-44-42-40-38-36-34-32-26-24-22-20-18-16-14-12-10-8-6-4-2/h5,7,11,13,17,19,23,25,58H,3-4,6,8-10,12,14-16,18,20-22,24,26-57,61H2,1-2H3,(H,64,65)/b7-5-,13-11-,19-17-,25-23-. The molecule has 0 aromatic carbocycles. The number of esters is 2. The minimum atomic E-state index is -4.39. The van der Waals surface area contributed by atoms with Gasteiger partial charge < -0.3 is 20.1 Å². The summed E-state index contributed by atoms with van der Waals surface area (Å²) < 4.78 is 33.1.